The van der Waals surface area contributed by atoms with Gasteiger partial charge >= 0.3 is 0 Å². The first-order valence-electron chi connectivity index (χ1n) is 4.28. The Bertz CT molecular complexity index is 431. The second-order valence-electron chi connectivity index (χ2n) is 3.26. The molecule has 2 aromatic rings. The van der Waals surface area contributed by atoms with Crippen LogP contribution in [0.2, 0.25) is 0 Å². The van der Waals surface area contributed by atoms with Gasteiger partial charge in [-0.1, -0.05) is 12.1 Å². The van der Waals surface area contributed by atoms with E-state index >= 15 is 0 Å². The summed E-state index contributed by atoms with van der Waals surface area (Å²) in [5, 5.41) is 14.6. The zero-order valence-electron chi connectivity index (χ0n) is 7.73. The van der Waals surface area contributed by atoms with E-state index in [0.717, 1.165) is 16.5 Å². The number of fused-ring (bicyclic) bond motifs is 1. The smallest absolute Gasteiger partial charge is 0.0762 e. The molecule has 0 aliphatic heterocycles. The molecule has 3 heteroatoms. The predicted molar refractivity (Wildman–Crippen MR) is 51.3 cm³/mol. The van der Waals surface area contributed by atoms with Crippen molar-refractivity contribution >= 4 is 10.9 Å². The van der Waals surface area contributed by atoms with Gasteiger partial charge in [0.2, 0.25) is 0 Å². The van der Waals surface area contributed by atoms with Crippen molar-refractivity contribution < 1.29 is 5.11 Å². The lowest BCUT2D eigenvalue weighted by Crippen LogP contribution is -1.93. The molecule has 1 aromatic heterocycles. The summed E-state index contributed by atoms with van der Waals surface area (Å²) in [5.74, 6) is 0. The number of aliphatic hydroxyl groups excluding tert-OH is 1. The number of rotatable bonds is 1. The summed E-state index contributed by atoms with van der Waals surface area (Å²) in [6.07, 6.45) is 1.40. The topological polar surface area (TPSA) is 38.1 Å². The van der Waals surface area contributed by atoms with Crippen LogP contribution in [0.5, 0.6) is 0 Å². The maximum Gasteiger partial charge on any atom is 0.0762 e. The van der Waals surface area contributed by atoms with Crippen LogP contribution in [0, 0.1) is 0 Å². The Hall–Kier alpha value is -1.35. The molecule has 0 saturated carbocycles. The Kier molecular flexibility index (Phi) is 1.81. The van der Waals surface area contributed by atoms with Gasteiger partial charge in [0, 0.05) is 12.4 Å². The van der Waals surface area contributed by atoms with Crippen molar-refractivity contribution in [2.75, 3.05) is 0 Å². The highest BCUT2D eigenvalue weighted by molar-refractivity contribution is 5.79. The van der Waals surface area contributed by atoms with Gasteiger partial charge in [0.15, 0.2) is 0 Å². The summed E-state index contributed by atoms with van der Waals surface area (Å²) < 4.78 is 1.81. The van der Waals surface area contributed by atoms with Crippen molar-refractivity contribution in [3.8, 4) is 0 Å². The molecule has 0 spiro atoms. The van der Waals surface area contributed by atoms with E-state index in [2.05, 4.69) is 5.10 Å². The van der Waals surface area contributed by atoms with E-state index < -0.39 is 6.10 Å². The van der Waals surface area contributed by atoms with E-state index in [1.807, 2.05) is 31.4 Å². The van der Waals surface area contributed by atoms with Crippen LogP contribution in [0.3, 0.4) is 0 Å². The predicted octanol–water partition coefficient (Wildman–Crippen LogP) is 1.63. The van der Waals surface area contributed by atoms with Gasteiger partial charge in [-0.15, -0.1) is 0 Å². The van der Waals surface area contributed by atoms with E-state index in [9.17, 15) is 5.11 Å². The molecular weight excluding hydrogens is 164 g/mol. The molecule has 1 N–H and O–H groups in total. The maximum absolute atomic E-state index is 9.38. The number of nitrogens with zero attached hydrogens (tertiary/aromatic N) is 2. The zero-order valence-corrected chi connectivity index (χ0v) is 7.73. The maximum atomic E-state index is 9.38. The fourth-order valence-electron chi connectivity index (χ4n) is 1.42. The molecule has 0 radical (unpaired) electrons. The number of aliphatic hydroxyl groups is 1. The molecule has 0 amide bonds. The van der Waals surface area contributed by atoms with E-state index in [1.165, 1.54) is 0 Å². The summed E-state index contributed by atoms with van der Waals surface area (Å²) in [7, 11) is 1.90. The van der Waals surface area contributed by atoms with Gasteiger partial charge in [-0.2, -0.15) is 5.10 Å². The molecule has 0 aliphatic rings. The number of benzene rings is 1. The van der Waals surface area contributed by atoms with Gasteiger partial charge in [0.1, 0.15) is 0 Å². The summed E-state index contributed by atoms with van der Waals surface area (Å²) >= 11 is 0. The minimum atomic E-state index is -0.417. The highest BCUT2D eigenvalue weighted by atomic mass is 16.3. The summed E-state index contributed by atoms with van der Waals surface area (Å²) in [5.41, 5.74) is 1.98. The van der Waals surface area contributed by atoms with E-state index in [1.54, 1.807) is 11.6 Å². The second-order valence-corrected chi connectivity index (χ2v) is 3.26. The van der Waals surface area contributed by atoms with Crippen LogP contribution in [-0.2, 0) is 7.05 Å². The van der Waals surface area contributed by atoms with Crippen LogP contribution in [0.4, 0.5) is 0 Å². The molecule has 1 aromatic carbocycles. The lowest BCUT2D eigenvalue weighted by molar-refractivity contribution is 0.199. The molecule has 68 valence electrons. The Morgan fingerprint density at radius 3 is 2.92 bits per heavy atom. The first-order chi connectivity index (χ1) is 6.18. The van der Waals surface area contributed by atoms with Crippen molar-refractivity contribution in [2.24, 2.45) is 7.05 Å². The molecule has 2 rings (SSSR count). The average molecular weight is 176 g/mol. The fraction of sp³-hybridized carbons (Fsp3) is 0.300. The Morgan fingerprint density at radius 2 is 2.23 bits per heavy atom. The van der Waals surface area contributed by atoms with Gasteiger partial charge in [-0.05, 0) is 18.6 Å². The molecular formula is C10H12N2O. The van der Waals surface area contributed by atoms with Crippen molar-refractivity contribution in [3.63, 3.8) is 0 Å². The lowest BCUT2D eigenvalue weighted by Gasteiger charge is -2.04. The average Bonchev–Trinajstić information content (AvgIpc) is 2.47. The first-order valence-corrected chi connectivity index (χ1v) is 4.28. The van der Waals surface area contributed by atoms with Crippen LogP contribution in [0.25, 0.3) is 10.9 Å². The van der Waals surface area contributed by atoms with E-state index in [0.29, 0.717) is 0 Å². The van der Waals surface area contributed by atoms with Crippen LogP contribution >= 0.6 is 0 Å². The first kappa shape index (κ1) is 8.26. The Balaban J connectivity index is 2.66. The Morgan fingerprint density at radius 1 is 1.46 bits per heavy atom. The summed E-state index contributed by atoms with van der Waals surface area (Å²) in [6.45, 7) is 1.76. The molecule has 3 nitrogen and oxygen atoms in total. The third-order valence-corrected chi connectivity index (χ3v) is 2.26. The largest absolute Gasteiger partial charge is 0.389 e. The number of hydrogen-bond acceptors (Lipinski definition) is 2. The standard InChI is InChI=1S/C10H12N2O/c1-7(13)8-3-4-9-6-11-12(2)10(9)5-8/h3-7,13H,1-2H3. The van der Waals surface area contributed by atoms with Gasteiger partial charge < -0.3 is 5.11 Å². The fourth-order valence-corrected chi connectivity index (χ4v) is 1.42. The molecule has 1 unspecified atom stereocenters. The van der Waals surface area contributed by atoms with Crippen molar-refractivity contribution in [1.29, 1.82) is 0 Å². The monoisotopic (exact) mass is 176 g/mol. The van der Waals surface area contributed by atoms with Crippen LogP contribution in [0.15, 0.2) is 24.4 Å². The number of hydrogen-bond donors (Lipinski definition) is 1. The summed E-state index contributed by atoms with van der Waals surface area (Å²) in [4.78, 5) is 0. The highest BCUT2D eigenvalue weighted by Gasteiger charge is 2.04. The van der Waals surface area contributed by atoms with Crippen molar-refractivity contribution in [2.45, 2.75) is 13.0 Å². The summed E-state index contributed by atoms with van der Waals surface area (Å²) in [6, 6.07) is 5.87. The second kappa shape index (κ2) is 2.85. The quantitative estimate of drug-likeness (QED) is 0.717. The molecule has 0 aliphatic carbocycles. The molecule has 1 heterocycles. The van der Waals surface area contributed by atoms with E-state index in [4.69, 9.17) is 0 Å². The van der Waals surface area contributed by atoms with Gasteiger partial charge in [0.25, 0.3) is 0 Å². The third-order valence-electron chi connectivity index (χ3n) is 2.26. The van der Waals surface area contributed by atoms with E-state index in [-0.39, 0.29) is 0 Å². The van der Waals surface area contributed by atoms with Crippen LogP contribution < -0.4 is 0 Å². The Labute approximate surface area is 76.6 Å². The third kappa shape index (κ3) is 1.31. The van der Waals surface area contributed by atoms with Crippen molar-refractivity contribution in [1.82, 2.24) is 9.78 Å². The minimum Gasteiger partial charge on any atom is -0.389 e. The SMILES string of the molecule is CC(O)c1ccc2cnn(C)c2c1. The molecule has 0 bridgehead atoms. The van der Waals surface area contributed by atoms with Gasteiger partial charge in [-0.3, -0.25) is 4.68 Å². The van der Waals surface area contributed by atoms with Gasteiger partial charge in [0.05, 0.1) is 17.8 Å². The van der Waals surface area contributed by atoms with Crippen LogP contribution in [0.1, 0.15) is 18.6 Å². The van der Waals surface area contributed by atoms with Crippen molar-refractivity contribution in [3.05, 3.63) is 30.0 Å². The molecule has 0 saturated heterocycles. The minimum absolute atomic E-state index is 0.417. The highest BCUT2D eigenvalue weighted by Crippen LogP contribution is 2.19. The lowest BCUT2D eigenvalue weighted by atomic mass is 10.1. The molecule has 13 heavy (non-hydrogen) atoms. The van der Waals surface area contributed by atoms with Crippen LogP contribution in [-0.4, -0.2) is 14.9 Å². The zero-order chi connectivity index (χ0) is 9.42. The van der Waals surface area contributed by atoms with Gasteiger partial charge in [-0.25, -0.2) is 0 Å². The normalized spacial score (nSPS) is 13.5. The number of aryl methyl sites for hydroxylation is 1. The number of aromatic nitrogens is 2. The molecule has 0 fully saturated rings. The molecule has 1 atom stereocenters.